The van der Waals surface area contributed by atoms with Crippen LogP contribution in [0.3, 0.4) is 0 Å². The van der Waals surface area contributed by atoms with Crippen LogP contribution in [0.15, 0.2) is 12.1 Å². The minimum absolute atomic E-state index is 0.152. The van der Waals surface area contributed by atoms with E-state index in [0.717, 1.165) is 16.7 Å². The molecule has 0 aliphatic carbocycles. The van der Waals surface area contributed by atoms with E-state index in [-0.39, 0.29) is 11.6 Å². The summed E-state index contributed by atoms with van der Waals surface area (Å²) in [4.78, 5) is 2.40. The van der Waals surface area contributed by atoms with Gasteiger partial charge in [0, 0.05) is 24.1 Å². The highest BCUT2D eigenvalue weighted by Crippen LogP contribution is 2.33. The molecule has 2 rings (SSSR count). The summed E-state index contributed by atoms with van der Waals surface area (Å²) >= 11 is 2.14. The number of hydrogen-bond acceptors (Lipinski definition) is 4. The molecule has 0 spiro atoms. The van der Waals surface area contributed by atoms with Crippen molar-refractivity contribution in [3.8, 4) is 5.88 Å². The Balaban J connectivity index is 2.08. The predicted molar refractivity (Wildman–Crippen MR) is 79.7 cm³/mol. The quantitative estimate of drug-likeness (QED) is 0.759. The lowest BCUT2D eigenvalue weighted by Crippen LogP contribution is -2.56. The summed E-state index contributed by atoms with van der Waals surface area (Å²) < 4.78 is 6.89. The maximum Gasteiger partial charge on any atom is 0.233 e. The first-order valence-corrected chi connectivity index (χ1v) is 7.36. The first-order chi connectivity index (χ1) is 8.41. The van der Waals surface area contributed by atoms with Crippen LogP contribution in [0.5, 0.6) is 5.88 Å². The van der Waals surface area contributed by atoms with Crippen LogP contribution in [0.1, 0.15) is 27.2 Å². The van der Waals surface area contributed by atoms with Gasteiger partial charge in [-0.1, -0.05) is 6.92 Å². The van der Waals surface area contributed by atoms with E-state index in [9.17, 15) is 0 Å². The molecule has 1 saturated heterocycles. The monoisotopic (exact) mass is 361 g/mol. The summed E-state index contributed by atoms with van der Waals surface area (Å²) in [6, 6.07) is 3.82. The summed E-state index contributed by atoms with van der Waals surface area (Å²) in [5.74, 6) is 1.09. The Kier molecular flexibility index (Phi) is 4.11. The fourth-order valence-electron chi connectivity index (χ4n) is 2.34. The summed E-state index contributed by atoms with van der Waals surface area (Å²) in [5, 5.41) is 8.10. The molecule has 1 fully saturated rings. The van der Waals surface area contributed by atoms with Gasteiger partial charge in [0.15, 0.2) is 0 Å². The number of ether oxygens (including phenoxy) is 1. The van der Waals surface area contributed by atoms with Gasteiger partial charge in [-0.2, -0.15) is 0 Å². The fraction of sp³-hybridized carbons (Fsp3) is 0.692. The van der Waals surface area contributed by atoms with Gasteiger partial charge in [-0.25, -0.2) is 0 Å². The lowest BCUT2D eigenvalue weighted by molar-refractivity contribution is -0.0301. The molecule has 1 aromatic rings. The molecule has 0 bridgehead atoms. The van der Waals surface area contributed by atoms with Gasteiger partial charge < -0.3 is 9.64 Å². The van der Waals surface area contributed by atoms with E-state index in [1.807, 2.05) is 12.1 Å². The lowest BCUT2D eigenvalue weighted by Gasteiger charge is -2.48. The van der Waals surface area contributed by atoms with Crippen molar-refractivity contribution in [3.63, 3.8) is 0 Å². The van der Waals surface area contributed by atoms with Gasteiger partial charge in [0.25, 0.3) is 0 Å². The van der Waals surface area contributed by atoms with Gasteiger partial charge >= 0.3 is 0 Å². The van der Waals surface area contributed by atoms with Crippen molar-refractivity contribution in [1.29, 1.82) is 0 Å². The van der Waals surface area contributed by atoms with Crippen molar-refractivity contribution in [2.45, 2.75) is 38.8 Å². The zero-order valence-corrected chi connectivity index (χ0v) is 13.5. The predicted octanol–water partition coefficient (Wildman–Crippen LogP) is 2.58. The SMILES string of the molecule is CC1C(Oc2ccc(I)nn2)CCN(C)C1(C)C. The molecular weight excluding hydrogens is 341 g/mol. The Hall–Kier alpha value is -0.430. The van der Waals surface area contributed by atoms with Crippen molar-refractivity contribution in [2.75, 3.05) is 13.6 Å². The first-order valence-electron chi connectivity index (χ1n) is 6.28. The summed E-state index contributed by atoms with van der Waals surface area (Å²) in [7, 11) is 2.18. The summed E-state index contributed by atoms with van der Waals surface area (Å²) in [5.41, 5.74) is 0.152. The Morgan fingerprint density at radius 2 is 2.11 bits per heavy atom. The minimum Gasteiger partial charge on any atom is -0.473 e. The molecule has 0 aromatic carbocycles. The third-order valence-electron chi connectivity index (χ3n) is 4.28. The second-order valence-electron chi connectivity index (χ2n) is 5.50. The van der Waals surface area contributed by atoms with Crippen molar-refractivity contribution >= 4 is 22.6 Å². The summed E-state index contributed by atoms with van der Waals surface area (Å²) in [6.45, 7) is 7.85. The van der Waals surface area contributed by atoms with E-state index in [0.29, 0.717) is 11.8 Å². The topological polar surface area (TPSA) is 38.3 Å². The largest absolute Gasteiger partial charge is 0.473 e. The van der Waals surface area contributed by atoms with Gasteiger partial charge in [0.1, 0.15) is 9.80 Å². The number of aromatic nitrogens is 2. The lowest BCUT2D eigenvalue weighted by atomic mass is 9.79. The van der Waals surface area contributed by atoms with Gasteiger partial charge in [-0.05, 0) is 56.0 Å². The molecule has 5 heteroatoms. The van der Waals surface area contributed by atoms with Crippen LogP contribution in [0, 0.1) is 9.62 Å². The normalized spacial score (nSPS) is 28.1. The van der Waals surface area contributed by atoms with Crippen LogP contribution in [-0.2, 0) is 0 Å². The van der Waals surface area contributed by atoms with Crippen molar-refractivity contribution in [2.24, 2.45) is 5.92 Å². The average molecular weight is 361 g/mol. The van der Waals surface area contributed by atoms with Crippen LogP contribution < -0.4 is 4.74 Å². The van der Waals surface area contributed by atoms with Crippen LogP contribution in [0.4, 0.5) is 0 Å². The van der Waals surface area contributed by atoms with Crippen molar-refractivity contribution < 1.29 is 4.74 Å². The Morgan fingerprint density at radius 3 is 2.72 bits per heavy atom. The minimum atomic E-state index is 0.152. The van der Waals surface area contributed by atoms with Gasteiger partial charge in [-0.3, -0.25) is 0 Å². The summed E-state index contributed by atoms with van der Waals surface area (Å²) in [6.07, 6.45) is 1.25. The standard InChI is InChI=1S/C13H20IN3O/c1-9-10(7-8-17(4)13(9,2)3)18-12-6-5-11(14)15-16-12/h5-6,9-10H,7-8H2,1-4H3. The van der Waals surface area contributed by atoms with Crippen molar-refractivity contribution in [1.82, 2.24) is 15.1 Å². The highest BCUT2D eigenvalue weighted by atomic mass is 127. The third kappa shape index (κ3) is 2.77. The zero-order chi connectivity index (χ0) is 13.3. The highest BCUT2D eigenvalue weighted by Gasteiger charge is 2.40. The molecule has 1 aliphatic heterocycles. The Labute approximate surface area is 122 Å². The van der Waals surface area contributed by atoms with Gasteiger partial charge in [0.05, 0.1) is 0 Å². The molecule has 0 N–H and O–H groups in total. The zero-order valence-electron chi connectivity index (χ0n) is 11.4. The highest BCUT2D eigenvalue weighted by molar-refractivity contribution is 14.1. The molecule has 1 aliphatic rings. The maximum absolute atomic E-state index is 6.00. The second-order valence-corrected chi connectivity index (χ2v) is 6.61. The van der Waals surface area contributed by atoms with Gasteiger partial charge in [-0.15, -0.1) is 10.2 Å². The number of hydrogen-bond donors (Lipinski definition) is 0. The Bertz CT molecular complexity index is 407. The molecule has 2 heterocycles. The van der Waals surface area contributed by atoms with E-state index in [1.54, 1.807) is 0 Å². The van der Waals surface area contributed by atoms with Gasteiger partial charge in [0.2, 0.25) is 5.88 Å². The number of likely N-dealkylation sites (tertiary alicyclic amines) is 1. The van der Waals surface area contributed by atoms with Crippen LogP contribution >= 0.6 is 22.6 Å². The second kappa shape index (κ2) is 5.28. The molecular formula is C13H20IN3O. The van der Waals surface area contributed by atoms with E-state index in [2.05, 4.69) is 65.5 Å². The number of halogens is 1. The van der Waals surface area contributed by atoms with Crippen LogP contribution in [0.25, 0.3) is 0 Å². The number of nitrogens with zero attached hydrogens (tertiary/aromatic N) is 3. The Morgan fingerprint density at radius 1 is 1.39 bits per heavy atom. The molecule has 100 valence electrons. The molecule has 4 nitrogen and oxygen atoms in total. The van der Waals surface area contributed by atoms with Crippen molar-refractivity contribution in [3.05, 3.63) is 15.8 Å². The molecule has 2 unspecified atom stereocenters. The van der Waals surface area contributed by atoms with E-state index in [4.69, 9.17) is 4.74 Å². The number of piperidine rings is 1. The van der Waals surface area contributed by atoms with E-state index < -0.39 is 0 Å². The molecule has 0 radical (unpaired) electrons. The first kappa shape index (κ1) is 14.0. The van der Waals surface area contributed by atoms with E-state index in [1.165, 1.54) is 0 Å². The molecule has 0 amide bonds. The molecule has 18 heavy (non-hydrogen) atoms. The molecule has 1 aromatic heterocycles. The average Bonchev–Trinajstić information content (AvgIpc) is 2.33. The fourth-order valence-corrected chi connectivity index (χ4v) is 2.63. The van der Waals surface area contributed by atoms with E-state index >= 15 is 0 Å². The smallest absolute Gasteiger partial charge is 0.233 e. The van der Waals surface area contributed by atoms with Crippen LogP contribution in [0.2, 0.25) is 0 Å². The molecule has 0 saturated carbocycles. The third-order valence-corrected chi connectivity index (χ3v) is 4.86. The number of rotatable bonds is 2. The molecule has 2 atom stereocenters. The van der Waals surface area contributed by atoms with Crippen LogP contribution in [-0.4, -0.2) is 40.3 Å². The maximum atomic E-state index is 6.00.